The molecule has 0 aromatic carbocycles. The van der Waals surface area contributed by atoms with Crippen molar-refractivity contribution in [1.29, 1.82) is 0 Å². The van der Waals surface area contributed by atoms with Gasteiger partial charge in [-0.2, -0.15) is 11.8 Å². The van der Waals surface area contributed by atoms with Crippen molar-refractivity contribution in [3.8, 4) is 0 Å². The van der Waals surface area contributed by atoms with Crippen molar-refractivity contribution in [2.45, 2.75) is 6.42 Å². The van der Waals surface area contributed by atoms with Gasteiger partial charge in [0.25, 0.3) is 0 Å². The average molecular weight is 206 g/mol. The van der Waals surface area contributed by atoms with E-state index in [0.29, 0.717) is 12.4 Å². The van der Waals surface area contributed by atoms with Gasteiger partial charge in [-0.25, -0.2) is 4.79 Å². The fourth-order valence-corrected chi connectivity index (χ4v) is 0.985. The molecular weight excluding hydrogens is 192 g/mol. The van der Waals surface area contributed by atoms with E-state index in [1.54, 1.807) is 0 Å². The number of hydrogen-bond acceptors (Lipinski definition) is 5. The van der Waals surface area contributed by atoms with Crippen molar-refractivity contribution >= 4 is 23.5 Å². The van der Waals surface area contributed by atoms with Gasteiger partial charge in [-0.3, -0.25) is 4.79 Å². The molecule has 0 unspecified atom stereocenters. The molecule has 0 heterocycles. The van der Waals surface area contributed by atoms with Crippen LogP contribution in [0.5, 0.6) is 0 Å². The van der Waals surface area contributed by atoms with Crippen LogP contribution in [0, 0.1) is 0 Å². The molecule has 0 saturated carbocycles. The number of ketones is 1. The van der Waals surface area contributed by atoms with Gasteiger partial charge in [0.2, 0.25) is 5.78 Å². The summed E-state index contributed by atoms with van der Waals surface area (Å²) in [5.74, 6) is -0.574. The summed E-state index contributed by atoms with van der Waals surface area (Å²) < 4.78 is 9.28. The van der Waals surface area contributed by atoms with Crippen LogP contribution >= 0.6 is 11.8 Å². The number of methoxy groups -OCH3 is 1. The third-order valence-corrected chi connectivity index (χ3v) is 1.89. The lowest BCUT2D eigenvalue weighted by atomic mass is 10.3. The molecule has 0 N–H and O–H groups in total. The SMILES string of the molecule is COCCOC(=O)C(=O)CCSC. The van der Waals surface area contributed by atoms with Crippen molar-refractivity contribution in [2.24, 2.45) is 0 Å². The molecule has 0 aromatic heterocycles. The first kappa shape index (κ1) is 12.4. The summed E-state index contributed by atoms with van der Waals surface area (Å²) in [6.45, 7) is 0.460. The van der Waals surface area contributed by atoms with E-state index in [1.807, 2.05) is 6.26 Å². The molecule has 0 amide bonds. The Morgan fingerprint density at radius 2 is 2.00 bits per heavy atom. The highest BCUT2D eigenvalue weighted by molar-refractivity contribution is 7.98. The van der Waals surface area contributed by atoms with Crippen molar-refractivity contribution in [2.75, 3.05) is 32.3 Å². The number of rotatable bonds is 7. The van der Waals surface area contributed by atoms with E-state index in [9.17, 15) is 9.59 Å². The molecule has 0 aliphatic heterocycles. The number of carbonyl (C=O) groups is 2. The summed E-state index contributed by atoms with van der Waals surface area (Å²) in [4.78, 5) is 21.9. The van der Waals surface area contributed by atoms with Crippen LogP contribution in [0.3, 0.4) is 0 Å². The summed E-state index contributed by atoms with van der Waals surface area (Å²) >= 11 is 1.52. The van der Waals surface area contributed by atoms with Gasteiger partial charge in [0.1, 0.15) is 6.61 Å². The number of esters is 1. The Bertz CT molecular complexity index is 170. The predicted molar refractivity (Wildman–Crippen MR) is 50.8 cm³/mol. The highest BCUT2D eigenvalue weighted by atomic mass is 32.2. The summed E-state index contributed by atoms with van der Waals surface area (Å²) in [7, 11) is 1.50. The number of carbonyl (C=O) groups excluding carboxylic acids is 2. The Balaban J connectivity index is 3.51. The van der Waals surface area contributed by atoms with Crippen LogP contribution in [-0.2, 0) is 19.1 Å². The van der Waals surface area contributed by atoms with Crippen molar-refractivity contribution in [1.82, 2.24) is 0 Å². The van der Waals surface area contributed by atoms with Crippen molar-refractivity contribution in [3.05, 3.63) is 0 Å². The Kier molecular flexibility index (Phi) is 7.73. The molecule has 0 radical (unpaired) electrons. The smallest absolute Gasteiger partial charge is 0.374 e. The van der Waals surface area contributed by atoms with E-state index < -0.39 is 11.8 Å². The normalized spacial score (nSPS) is 9.69. The van der Waals surface area contributed by atoms with Gasteiger partial charge >= 0.3 is 5.97 Å². The largest absolute Gasteiger partial charge is 0.458 e. The highest BCUT2D eigenvalue weighted by Crippen LogP contribution is 1.97. The maximum atomic E-state index is 11.0. The predicted octanol–water partition coefficient (Wildman–Crippen LogP) is 0.498. The zero-order valence-electron chi connectivity index (χ0n) is 7.87. The second-order valence-corrected chi connectivity index (χ2v) is 3.28. The van der Waals surface area contributed by atoms with Crippen molar-refractivity contribution in [3.63, 3.8) is 0 Å². The molecule has 0 spiro atoms. The molecule has 0 aromatic rings. The molecule has 0 atom stereocenters. The number of thioether (sulfide) groups is 1. The van der Waals surface area contributed by atoms with Gasteiger partial charge in [0.15, 0.2) is 0 Å². The van der Waals surface area contributed by atoms with Gasteiger partial charge in [-0.15, -0.1) is 0 Å². The number of ether oxygens (including phenoxy) is 2. The molecule has 4 nitrogen and oxygen atoms in total. The molecular formula is C8H14O4S. The molecule has 13 heavy (non-hydrogen) atoms. The van der Waals surface area contributed by atoms with Crippen LogP contribution < -0.4 is 0 Å². The van der Waals surface area contributed by atoms with Crippen LogP contribution in [0.4, 0.5) is 0 Å². The van der Waals surface area contributed by atoms with Crippen LogP contribution in [0.1, 0.15) is 6.42 Å². The zero-order chi connectivity index (χ0) is 10.1. The third kappa shape index (κ3) is 6.60. The minimum Gasteiger partial charge on any atom is -0.458 e. The van der Waals surface area contributed by atoms with Gasteiger partial charge in [-0.05, 0) is 6.26 Å². The first-order valence-electron chi connectivity index (χ1n) is 3.90. The fraction of sp³-hybridized carbons (Fsp3) is 0.750. The number of Topliss-reactive ketones (excluding diaryl/α,β-unsaturated/α-hetero) is 1. The Morgan fingerprint density at radius 3 is 2.54 bits per heavy atom. The fourth-order valence-electron chi connectivity index (χ4n) is 0.595. The topological polar surface area (TPSA) is 52.6 Å². The maximum absolute atomic E-state index is 11.0. The molecule has 5 heteroatoms. The highest BCUT2D eigenvalue weighted by Gasteiger charge is 2.13. The minimum atomic E-state index is -0.758. The lowest BCUT2D eigenvalue weighted by Crippen LogP contribution is -2.19. The lowest BCUT2D eigenvalue weighted by molar-refractivity contribution is -0.154. The Morgan fingerprint density at radius 1 is 1.31 bits per heavy atom. The van der Waals surface area contributed by atoms with Gasteiger partial charge in [0.05, 0.1) is 6.61 Å². The quantitative estimate of drug-likeness (QED) is 0.345. The molecule has 0 aliphatic rings. The van der Waals surface area contributed by atoms with Crippen LogP contribution in [0.25, 0.3) is 0 Å². The summed E-state index contributed by atoms with van der Waals surface area (Å²) in [5.41, 5.74) is 0. The van der Waals surface area contributed by atoms with Crippen molar-refractivity contribution < 1.29 is 19.1 Å². The Hall–Kier alpha value is -0.550. The minimum absolute atomic E-state index is 0.139. The molecule has 0 aliphatic carbocycles. The van der Waals surface area contributed by atoms with Crippen LogP contribution in [-0.4, -0.2) is 44.1 Å². The van der Waals surface area contributed by atoms with E-state index in [-0.39, 0.29) is 13.0 Å². The van der Waals surface area contributed by atoms with Gasteiger partial charge < -0.3 is 9.47 Å². The summed E-state index contributed by atoms with van der Waals surface area (Å²) in [5, 5.41) is 0. The molecule has 0 saturated heterocycles. The zero-order valence-corrected chi connectivity index (χ0v) is 8.69. The molecule has 76 valence electrons. The summed E-state index contributed by atoms with van der Waals surface area (Å²) in [6, 6.07) is 0. The first-order valence-corrected chi connectivity index (χ1v) is 5.29. The second kappa shape index (κ2) is 8.07. The lowest BCUT2D eigenvalue weighted by Gasteiger charge is -2.01. The monoisotopic (exact) mass is 206 g/mol. The number of hydrogen-bond donors (Lipinski definition) is 0. The first-order chi connectivity index (χ1) is 6.22. The molecule has 0 rings (SSSR count). The van der Waals surface area contributed by atoms with Gasteiger partial charge in [-0.1, -0.05) is 0 Å². The van der Waals surface area contributed by atoms with E-state index in [2.05, 4.69) is 9.47 Å². The van der Waals surface area contributed by atoms with Crippen LogP contribution in [0.15, 0.2) is 0 Å². The Labute approximate surface area is 82.0 Å². The van der Waals surface area contributed by atoms with E-state index in [1.165, 1.54) is 18.9 Å². The standard InChI is InChI=1S/C8H14O4S/c1-11-4-5-12-8(10)7(9)3-6-13-2/h3-6H2,1-2H3. The van der Waals surface area contributed by atoms with Crippen LogP contribution in [0.2, 0.25) is 0 Å². The van der Waals surface area contributed by atoms with E-state index in [0.717, 1.165) is 0 Å². The van der Waals surface area contributed by atoms with Gasteiger partial charge in [0, 0.05) is 19.3 Å². The molecule has 0 bridgehead atoms. The molecule has 0 fully saturated rings. The maximum Gasteiger partial charge on any atom is 0.374 e. The average Bonchev–Trinajstić information content (AvgIpc) is 2.14. The summed E-state index contributed by atoms with van der Waals surface area (Å²) in [6.07, 6.45) is 2.12. The van der Waals surface area contributed by atoms with E-state index >= 15 is 0 Å². The second-order valence-electron chi connectivity index (χ2n) is 2.29. The third-order valence-electron chi connectivity index (χ3n) is 1.28. The van der Waals surface area contributed by atoms with E-state index in [4.69, 9.17) is 0 Å².